The lowest BCUT2D eigenvalue weighted by Crippen LogP contribution is -2.33. The van der Waals surface area contributed by atoms with E-state index in [0.717, 1.165) is 19.3 Å². The number of carbonyl (C=O) groups is 1. The lowest BCUT2D eigenvalue weighted by Gasteiger charge is -2.23. The molecule has 1 aromatic carbocycles. The number of nitrogens with one attached hydrogen (secondary N) is 1. The van der Waals surface area contributed by atoms with Crippen LogP contribution in [0.4, 0.5) is 0 Å². The van der Waals surface area contributed by atoms with Crippen molar-refractivity contribution >= 4 is 5.91 Å². The van der Waals surface area contributed by atoms with Crippen molar-refractivity contribution in [2.75, 3.05) is 0 Å². The first kappa shape index (κ1) is 14.1. The molecule has 0 aliphatic heterocycles. The van der Waals surface area contributed by atoms with Gasteiger partial charge in [0.25, 0.3) is 0 Å². The molecule has 2 nitrogen and oxygen atoms in total. The van der Waals surface area contributed by atoms with Gasteiger partial charge in [0.2, 0.25) is 5.91 Å². The summed E-state index contributed by atoms with van der Waals surface area (Å²) in [4.78, 5) is 12.3. The van der Waals surface area contributed by atoms with Gasteiger partial charge in [0, 0.05) is 5.92 Å². The van der Waals surface area contributed by atoms with Crippen molar-refractivity contribution in [3.8, 4) is 0 Å². The van der Waals surface area contributed by atoms with Crippen molar-refractivity contribution in [3.05, 3.63) is 35.9 Å². The molecule has 1 aliphatic rings. The molecule has 104 valence electrons. The van der Waals surface area contributed by atoms with Gasteiger partial charge < -0.3 is 5.32 Å². The number of carbonyl (C=O) groups excluding carboxylic acids is 1. The molecule has 2 heteroatoms. The second kappa shape index (κ2) is 6.74. The van der Waals surface area contributed by atoms with E-state index in [1.54, 1.807) is 0 Å². The van der Waals surface area contributed by atoms with Crippen LogP contribution in [0.1, 0.15) is 57.6 Å². The molecule has 1 saturated carbocycles. The maximum absolute atomic E-state index is 12.3. The molecule has 1 amide bonds. The number of hydrogen-bond donors (Lipinski definition) is 1. The fourth-order valence-corrected chi connectivity index (χ4v) is 2.91. The molecule has 0 radical (unpaired) electrons. The maximum atomic E-state index is 12.3. The summed E-state index contributed by atoms with van der Waals surface area (Å²) in [6, 6.07) is 10.5. The lowest BCUT2D eigenvalue weighted by atomic mass is 9.96. The average Bonchev–Trinajstić information content (AvgIpc) is 2.92. The summed E-state index contributed by atoms with van der Waals surface area (Å²) >= 11 is 0. The molecule has 1 atom stereocenters. The molecule has 2 rings (SSSR count). The summed E-state index contributed by atoms with van der Waals surface area (Å²) in [5, 5.41) is 3.27. The SMILES string of the molecule is CC(C)C[C@H](NC(=O)C1CCCC1)c1ccccc1. The third-order valence-electron chi connectivity index (χ3n) is 3.95. The number of hydrogen-bond acceptors (Lipinski definition) is 1. The Bertz CT molecular complexity index is 393. The Kier molecular flexibility index (Phi) is 5.00. The van der Waals surface area contributed by atoms with Gasteiger partial charge in [-0.25, -0.2) is 0 Å². The Morgan fingerprint density at radius 3 is 2.42 bits per heavy atom. The molecule has 0 bridgehead atoms. The lowest BCUT2D eigenvalue weighted by molar-refractivity contribution is -0.125. The second-order valence-corrected chi connectivity index (χ2v) is 6.08. The minimum absolute atomic E-state index is 0.161. The van der Waals surface area contributed by atoms with Crippen molar-refractivity contribution in [1.82, 2.24) is 5.32 Å². The summed E-state index contributed by atoms with van der Waals surface area (Å²) < 4.78 is 0. The van der Waals surface area contributed by atoms with Crippen LogP contribution in [0.3, 0.4) is 0 Å². The van der Waals surface area contributed by atoms with Gasteiger partial charge in [-0.15, -0.1) is 0 Å². The largest absolute Gasteiger partial charge is 0.349 e. The maximum Gasteiger partial charge on any atom is 0.223 e. The molecule has 1 fully saturated rings. The monoisotopic (exact) mass is 259 g/mol. The van der Waals surface area contributed by atoms with Gasteiger partial charge in [0.15, 0.2) is 0 Å². The quantitative estimate of drug-likeness (QED) is 0.848. The zero-order valence-corrected chi connectivity index (χ0v) is 12.1. The van der Waals surface area contributed by atoms with Gasteiger partial charge in [-0.2, -0.15) is 0 Å². The van der Waals surface area contributed by atoms with Crippen LogP contribution in [0.5, 0.6) is 0 Å². The van der Waals surface area contributed by atoms with E-state index in [1.165, 1.54) is 18.4 Å². The number of amides is 1. The Hall–Kier alpha value is -1.31. The van der Waals surface area contributed by atoms with E-state index in [9.17, 15) is 4.79 Å². The van der Waals surface area contributed by atoms with Crippen LogP contribution in [0.2, 0.25) is 0 Å². The van der Waals surface area contributed by atoms with Crippen LogP contribution in [-0.4, -0.2) is 5.91 Å². The topological polar surface area (TPSA) is 29.1 Å². The second-order valence-electron chi connectivity index (χ2n) is 6.08. The minimum Gasteiger partial charge on any atom is -0.349 e. The summed E-state index contributed by atoms with van der Waals surface area (Å²) in [5.74, 6) is 1.08. The Balaban J connectivity index is 2.03. The van der Waals surface area contributed by atoms with Crippen molar-refractivity contribution in [2.45, 2.75) is 52.0 Å². The number of rotatable bonds is 5. The Morgan fingerprint density at radius 1 is 1.21 bits per heavy atom. The van der Waals surface area contributed by atoms with Crippen LogP contribution in [0.25, 0.3) is 0 Å². The molecule has 0 spiro atoms. The van der Waals surface area contributed by atoms with E-state index >= 15 is 0 Å². The molecule has 1 aromatic rings. The smallest absolute Gasteiger partial charge is 0.223 e. The number of benzene rings is 1. The van der Waals surface area contributed by atoms with Crippen molar-refractivity contribution < 1.29 is 4.79 Å². The van der Waals surface area contributed by atoms with Crippen LogP contribution in [-0.2, 0) is 4.79 Å². The fraction of sp³-hybridized carbons (Fsp3) is 0.588. The highest BCUT2D eigenvalue weighted by molar-refractivity contribution is 5.79. The highest BCUT2D eigenvalue weighted by Gasteiger charge is 2.25. The van der Waals surface area contributed by atoms with Crippen LogP contribution in [0, 0.1) is 11.8 Å². The van der Waals surface area contributed by atoms with Gasteiger partial charge >= 0.3 is 0 Å². The first-order chi connectivity index (χ1) is 9.16. The standard InChI is InChI=1S/C17H25NO/c1-13(2)12-16(14-8-4-3-5-9-14)18-17(19)15-10-6-7-11-15/h3-5,8-9,13,15-16H,6-7,10-12H2,1-2H3,(H,18,19)/t16-/m0/s1. The van der Waals surface area contributed by atoms with Crippen LogP contribution < -0.4 is 5.32 Å². The van der Waals surface area contributed by atoms with E-state index in [0.29, 0.717) is 5.92 Å². The summed E-state index contributed by atoms with van der Waals surface area (Å²) in [7, 11) is 0. The van der Waals surface area contributed by atoms with Crippen molar-refractivity contribution in [3.63, 3.8) is 0 Å². The summed E-state index contributed by atoms with van der Waals surface area (Å²) in [6.45, 7) is 4.41. The van der Waals surface area contributed by atoms with Gasteiger partial charge in [0.1, 0.15) is 0 Å². The van der Waals surface area contributed by atoms with Gasteiger partial charge in [-0.1, -0.05) is 57.0 Å². The molecule has 0 unspecified atom stereocenters. The fourth-order valence-electron chi connectivity index (χ4n) is 2.91. The van der Waals surface area contributed by atoms with E-state index in [1.807, 2.05) is 18.2 Å². The molecule has 1 N–H and O–H groups in total. The predicted octanol–water partition coefficient (Wildman–Crippen LogP) is 4.08. The van der Waals surface area contributed by atoms with Crippen LogP contribution in [0.15, 0.2) is 30.3 Å². The molecule has 1 aliphatic carbocycles. The zero-order valence-electron chi connectivity index (χ0n) is 12.1. The van der Waals surface area contributed by atoms with E-state index in [4.69, 9.17) is 0 Å². The summed E-state index contributed by atoms with van der Waals surface area (Å²) in [6.07, 6.45) is 5.54. The molecule has 0 saturated heterocycles. The average molecular weight is 259 g/mol. The molecule has 0 heterocycles. The van der Waals surface area contributed by atoms with Crippen LogP contribution >= 0.6 is 0 Å². The molecular formula is C17H25NO. The third-order valence-corrected chi connectivity index (χ3v) is 3.95. The highest BCUT2D eigenvalue weighted by atomic mass is 16.1. The Morgan fingerprint density at radius 2 is 1.84 bits per heavy atom. The molecular weight excluding hydrogens is 234 g/mol. The predicted molar refractivity (Wildman–Crippen MR) is 78.7 cm³/mol. The van der Waals surface area contributed by atoms with Gasteiger partial charge in [0.05, 0.1) is 6.04 Å². The van der Waals surface area contributed by atoms with Crippen molar-refractivity contribution in [1.29, 1.82) is 0 Å². The van der Waals surface area contributed by atoms with Gasteiger partial charge in [-0.05, 0) is 30.7 Å². The summed E-state index contributed by atoms with van der Waals surface area (Å²) in [5.41, 5.74) is 1.22. The minimum atomic E-state index is 0.161. The van der Waals surface area contributed by atoms with Crippen molar-refractivity contribution in [2.24, 2.45) is 11.8 Å². The molecule has 0 aromatic heterocycles. The third kappa shape index (κ3) is 4.09. The first-order valence-corrected chi connectivity index (χ1v) is 7.52. The van der Waals surface area contributed by atoms with E-state index in [2.05, 4.69) is 31.3 Å². The van der Waals surface area contributed by atoms with E-state index in [-0.39, 0.29) is 17.9 Å². The highest BCUT2D eigenvalue weighted by Crippen LogP contribution is 2.27. The zero-order chi connectivity index (χ0) is 13.7. The van der Waals surface area contributed by atoms with Gasteiger partial charge in [-0.3, -0.25) is 4.79 Å². The Labute approximate surface area is 116 Å². The first-order valence-electron chi connectivity index (χ1n) is 7.52. The normalized spacial score (nSPS) is 17.6. The van der Waals surface area contributed by atoms with E-state index < -0.39 is 0 Å². The molecule has 19 heavy (non-hydrogen) atoms.